The van der Waals surface area contributed by atoms with Crippen molar-refractivity contribution in [3.8, 4) is 5.69 Å². The van der Waals surface area contributed by atoms with Crippen LogP contribution < -0.4 is 5.32 Å². The van der Waals surface area contributed by atoms with Crippen molar-refractivity contribution in [2.75, 3.05) is 19.6 Å². The zero-order valence-corrected chi connectivity index (χ0v) is 15.5. The number of hydrogen-bond donors (Lipinski definition) is 1. The number of benzene rings is 1. The number of likely N-dealkylation sites (tertiary alicyclic amines) is 1. The van der Waals surface area contributed by atoms with Crippen LogP contribution in [0.3, 0.4) is 0 Å². The lowest BCUT2D eigenvalue weighted by atomic mass is 9.82. The fraction of sp³-hybridized carbons (Fsp3) is 0.550. The van der Waals surface area contributed by atoms with Crippen LogP contribution in [0.25, 0.3) is 5.69 Å². The molecule has 2 aromatic rings. The highest BCUT2D eigenvalue weighted by molar-refractivity contribution is 5.80. The van der Waals surface area contributed by atoms with Crippen molar-refractivity contribution in [3.63, 3.8) is 0 Å². The molecule has 1 N–H and O–H groups in total. The van der Waals surface area contributed by atoms with Gasteiger partial charge in [0.2, 0.25) is 0 Å². The molecule has 1 saturated heterocycles. The normalized spacial score (nSPS) is 23.1. The van der Waals surface area contributed by atoms with E-state index in [-0.39, 0.29) is 0 Å². The highest BCUT2D eigenvalue weighted by Crippen LogP contribution is 2.35. The van der Waals surface area contributed by atoms with Crippen molar-refractivity contribution in [1.82, 2.24) is 25.0 Å². The van der Waals surface area contributed by atoms with Gasteiger partial charge in [-0.25, -0.2) is 14.7 Å². The largest absolute Gasteiger partial charge is 0.357 e. The lowest BCUT2D eigenvalue weighted by molar-refractivity contribution is 0.299. The minimum absolute atomic E-state index is 0.700. The molecule has 2 heterocycles. The van der Waals surface area contributed by atoms with Crippen molar-refractivity contribution in [2.45, 2.75) is 39.2 Å². The molecule has 1 aromatic heterocycles. The summed E-state index contributed by atoms with van der Waals surface area (Å²) in [6.45, 7) is 6.09. The Hall–Kier alpha value is -2.37. The highest BCUT2D eigenvalue weighted by atomic mass is 15.3. The number of nitrogens with one attached hydrogen (secondary N) is 1. The Morgan fingerprint density at radius 1 is 1.15 bits per heavy atom. The Balaban J connectivity index is 1.43. The van der Waals surface area contributed by atoms with Gasteiger partial charge >= 0.3 is 0 Å². The minimum Gasteiger partial charge on any atom is -0.357 e. The van der Waals surface area contributed by atoms with Gasteiger partial charge in [0.05, 0.1) is 12.2 Å². The van der Waals surface area contributed by atoms with Crippen LogP contribution in [0, 0.1) is 11.8 Å². The molecule has 1 aromatic carbocycles. The van der Waals surface area contributed by atoms with Gasteiger partial charge < -0.3 is 10.2 Å². The molecule has 0 bridgehead atoms. The molecule has 2 aliphatic rings. The molecule has 138 valence electrons. The second kappa shape index (κ2) is 7.89. The molecule has 0 amide bonds. The minimum atomic E-state index is 0.700. The van der Waals surface area contributed by atoms with Gasteiger partial charge in [0.1, 0.15) is 12.7 Å². The molecule has 0 spiro atoms. The second-order valence-corrected chi connectivity index (χ2v) is 7.39. The Morgan fingerprint density at radius 2 is 1.88 bits per heavy atom. The molecule has 2 atom stereocenters. The van der Waals surface area contributed by atoms with Gasteiger partial charge in [-0.1, -0.05) is 25.0 Å². The first kappa shape index (κ1) is 17.1. The summed E-state index contributed by atoms with van der Waals surface area (Å²) in [5, 5.41) is 7.66. The summed E-state index contributed by atoms with van der Waals surface area (Å²) in [5.74, 6) is 2.81. The first-order valence-corrected chi connectivity index (χ1v) is 9.80. The molecule has 1 saturated carbocycles. The average Bonchev–Trinajstić information content (AvgIpc) is 3.35. The van der Waals surface area contributed by atoms with Crippen LogP contribution in [0.2, 0.25) is 0 Å². The highest BCUT2D eigenvalue weighted by Gasteiger charge is 2.35. The first-order chi connectivity index (χ1) is 12.8. The Morgan fingerprint density at radius 3 is 2.50 bits per heavy atom. The standard InChI is InChI=1S/C20H28N6/c1-2-22-20(25-12-17-5-3-4-6-18(17)13-25)23-11-16-7-9-19(10-8-16)26-15-21-14-24-26/h7-10,14-15,17-18H,2-6,11-13H2,1H3,(H,22,23). The van der Waals surface area contributed by atoms with Crippen molar-refractivity contribution in [1.29, 1.82) is 0 Å². The number of hydrogen-bond acceptors (Lipinski definition) is 3. The molecular weight excluding hydrogens is 324 g/mol. The molecule has 2 unspecified atom stereocenters. The number of nitrogens with zero attached hydrogens (tertiary/aromatic N) is 5. The third kappa shape index (κ3) is 3.74. The summed E-state index contributed by atoms with van der Waals surface area (Å²) in [4.78, 5) is 11.4. The predicted octanol–water partition coefficient (Wildman–Crippen LogP) is 2.85. The van der Waals surface area contributed by atoms with E-state index in [1.165, 1.54) is 44.3 Å². The van der Waals surface area contributed by atoms with Crippen LogP contribution in [0.15, 0.2) is 41.9 Å². The molecule has 4 rings (SSSR count). The van der Waals surface area contributed by atoms with E-state index in [2.05, 4.69) is 51.5 Å². The van der Waals surface area contributed by atoms with Gasteiger partial charge in [-0.15, -0.1) is 0 Å². The van der Waals surface area contributed by atoms with E-state index in [0.717, 1.165) is 30.0 Å². The van der Waals surface area contributed by atoms with E-state index >= 15 is 0 Å². The third-order valence-corrected chi connectivity index (χ3v) is 5.64. The molecule has 26 heavy (non-hydrogen) atoms. The number of rotatable bonds is 4. The molecule has 6 heteroatoms. The zero-order valence-electron chi connectivity index (χ0n) is 15.5. The SMILES string of the molecule is CCNC(=NCc1ccc(-n2cncn2)cc1)N1CC2CCCCC2C1. The average molecular weight is 352 g/mol. The smallest absolute Gasteiger partial charge is 0.194 e. The maximum Gasteiger partial charge on any atom is 0.194 e. The van der Waals surface area contributed by atoms with Crippen molar-refractivity contribution < 1.29 is 0 Å². The van der Waals surface area contributed by atoms with Gasteiger partial charge in [-0.2, -0.15) is 5.10 Å². The fourth-order valence-electron chi connectivity index (χ4n) is 4.27. The van der Waals surface area contributed by atoms with Crippen LogP contribution in [0.5, 0.6) is 0 Å². The first-order valence-electron chi connectivity index (χ1n) is 9.80. The summed E-state index contributed by atoms with van der Waals surface area (Å²) in [6, 6.07) is 8.37. The fourth-order valence-corrected chi connectivity index (χ4v) is 4.27. The molecular formula is C20H28N6. The van der Waals surface area contributed by atoms with Crippen molar-refractivity contribution in [3.05, 3.63) is 42.5 Å². The van der Waals surface area contributed by atoms with Crippen LogP contribution in [-0.4, -0.2) is 45.3 Å². The maximum atomic E-state index is 4.91. The molecule has 1 aliphatic carbocycles. The topological polar surface area (TPSA) is 58.3 Å². The Bertz CT molecular complexity index is 707. The van der Waals surface area contributed by atoms with E-state index < -0.39 is 0 Å². The Labute approximate surface area is 155 Å². The summed E-state index contributed by atoms with van der Waals surface area (Å²) in [7, 11) is 0. The van der Waals surface area contributed by atoms with Crippen molar-refractivity contribution >= 4 is 5.96 Å². The number of aromatic nitrogens is 3. The lowest BCUT2D eigenvalue weighted by Gasteiger charge is -2.22. The van der Waals surface area contributed by atoms with E-state index in [1.807, 2.05) is 0 Å². The lowest BCUT2D eigenvalue weighted by Crippen LogP contribution is -2.40. The molecule has 0 radical (unpaired) electrons. The zero-order chi connectivity index (χ0) is 17.8. The van der Waals surface area contributed by atoms with Crippen LogP contribution in [-0.2, 0) is 6.54 Å². The second-order valence-electron chi connectivity index (χ2n) is 7.39. The molecule has 1 aliphatic heterocycles. The van der Waals surface area contributed by atoms with Gasteiger partial charge in [0.15, 0.2) is 5.96 Å². The quantitative estimate of drug-likeness (QED) is 0.679. The van der Waals surface area contributed by atoms with E-state index in [9.17, 15) is 0 Å². The van der Waals surface area contributed by atoms with Crippen LogP contribution in [0.1, 0.15) is 38.2 Å². The van der Waals surface area contributed by atoms with Crippen LogP contribution >= 0.6 is 0 Å². The summed E-state index contributed by atoms with van der Waals surface area (Å²) < 4.78 is 1.77. The monoisotopic (exact) mass is 352 g/mol. The number of aliphatic imine (C=N–C) groups is 1. The van der Waals surface area contributed by atoms with E-state index in [4.69, 9.17) is 4.99 Å². The van der Waals surface area contributed by atoms with Gasteiger partial charge in [0.25, 0.3) is 0 Å². The van der Waals surface area contributed by atoms with Crippen molar-refractivity contribution in [2.24, 2.45) is 16.8 Å². The van der Waals surface area contributed by atoms with E-state index in [1.54, 1.807) is 17.3 Å². The maximum absolute atomic E-state index is 4.91. The van der Waals surface area contributed by atoms with Gasteiger partial charge in [-0.3, -0.25) is 0 Å². The summed E-state index contributed by atoms with van der Waals surface area (Å²) in [6.07, 6.45) is 8.86. The third-order valence-electron chi connectivity index (χ3n) is 5.64. The number of fused-ring (bicyclic) bond motifs is 1. The van der Waals surface area contributed by atoms with Crippen LogP contribution in [0.4, 0.5) is 0 Å². The summed E-state index contributed by atoms with van der Waals surface area (Å²) >= 11 is 0. The number of guanidine groups is 1. The van der Waals surface area contributed by atoms with Gasteiger partial charge in [0, 0.05) is 19.6 Å². The predicted molar refractivity (Wildman–Crippen MR) is 103 cm³/mol. The molecule has 6 nitrogen and oxygen atoms in total. The van der Waals surface area contributed by atoms with Gasteiger partial charge in [-0.05, 0) is 49.3 Å². The Kier molecular flexibility index (Phi) is 5.18. The molecule has 2 fully saturated rings. The summed E-state index contributed by atoms with van der Waals surface area (Å²) in [5.41, 5.74) is 2.23. The van der Waals surface area contributed by atoms with E-state index in [0.29, 0.717) is 6.54 Å².